The molecule has 0 atom stereocenters. The fourth-order valence-corrected chi connectivity index (χ4v) is 2.18. The summed E-state index contributed by atoms with van der Waals surface area (Å²) in [6.45, 7) is 2.00. The van der Waals surface area contributed by atoms with Crippen molar-refractivity contribution < 1.29 is 4.42 Å². The molecule has 3 aromatic rings. The first-order valence-corrected chi connectivity index (χ1v) is 6.82. The smallest absolute Gasteiger partial charge is 0.408 e. The van der Waals surface area contributed by atoms with Crippen molar-refractivity contribution in [2.75, 3.05) is 5.32 Å². The van der Waals surface area contributed by atoms with E-state index in [9.17, 15) is 4.79 Å². The number of fused-ring (bicyclic) bond motifs is 1. The lowest BCUT2D eigenvalue weighted by Gasteiger charge is -2.07. The normalized spacial score (nSPS) is 10.9. The van der Waals surface area contributed by atoms with Gasteiger partial charge < -0.3 is 9.73 Å². The molecule has 102 valence electrons. The Labute approximate surface area is 123 Å². The van der Waals surface area contributed by atoms with Gasteiger partial charge in [-0.05, 0) is 46.6 Å². The Kier molecular flexibility index (Phi) is 3.10. The van der Waals surface area contributed by atoms with Crippen molar-refractivity contribution in [3.63, 3.8) is 0 Å². The Morgan fingerprint density at radius 3 is 2.90 bits per heavy atom. The zero-order valence-corrected chi connectivity index (χ0v) is 12.6. The van der Waals surface area contributed by atoms with Crippen LogP contribution in [0.1, 0.15) is 5.56 Å². The van der Waals surface area contributed by atoms with Crippen LogP contribution >= 0.6 is 15.9 Å². The number of aromatic nitrogens is 2. The number of benzene rings is 1. The van der Waals surface area contributed by atoms with Crippen LogP contribution in [-0.2, 0) is 7.05 Å². The molecule has 2 heterocycles. The number of nitrogens with one attached hydrogen (secondary N) is 1. The Bertz CT molecular complexity index is 851. The maximum atomic E-state index is 11.4. The molecule has 1 aromatic carbocycles. The van der Waals surface area contributed by atoms with Gasteiger partial charge in [-0.3, -0.25) is 4.57 Å². The van der Waals surface area contributed by atoms with E-state index in [2.05, 4.69) is 26.2 Å². The fourth-order valence-electron chi connectivity index (χ4n) is 1.97. The molecule has 0 bridgehead atoms. The summed E-state index contributed by atoms with van der Waals surface area (Å²) in [7, 11) is 1.68. The molecule has 6 heteroatoms. The van der Waals surface area contributed by atoms with Gasteiger partial charge in [-0.25, -0.2) is 9.78 Å². The van der Waals surface area contributed by atoms with Crippen LogP contribution in [0.2, 0.25) is 0 Å². The van der Waals surface area contributed by atoms with Gasteiger partial charge in [-0.1, -0.05) is 0 Å². The van der Waals surface area contributed by atoms with E-state index >= 15 is 0 Å². The van der Waals surface area contributed by atoms with Crippen LogP contribution in [0.15, 0.2) is 44.1 Å². The second kappa shape index (κ2) is 4.79. The summed E-state index contributed by atoms with van der Waals surface area (Å²) in [6.07, 6.45) is 1.75. The van der Waals surface area contributed by atoms with E-state index in [-0.39, 0.29) is 5.76 Å². The third kappa shape index (κ3) is 2.22. The maximum absolute atomic E-state index is 11.4. The molecule has 0 unspecified atom stereocenters. The summed E-state index contributed by atoms with van der Waals surface area (Å²) in [5, 5.41) is 3.19. The zero-order chi connectivity index (χ0) is 14.3. The summed E-state index contributed by atoms with van der Waals surface area (Å²) < 4.78 is 7.60. The second-order valence-electron chi connectivity index (χ2n) is 4.55. The minimum absolute atomic E-state index is 0.366. The third-order valence-corrected chi connectivity index (χ3v) is 3.94. The largest absolute Gasteiger partial charge is 0.419 e. The van der Waals surface area contributed by atoms with Gasteiger partial charge in [-0.2, -0.15) is 0 Å². The quantitative estimate of drug-likeness (QED) is 0.781. The van der Waals surface area contributed by atoms with Gasteiger partial charge in [0, 0.05) is 29.5 Å². The predicted octanol–water partition coefficient (Wildman–Crippen LogP) is 3.34. The van der Waals surface area contributed by atoms with Crippen molar-refractivity contribution in [3.05, 3.63) is 51.0 Å². The van der Waals surface area contributed by atoms with Crippen LogP contribution < -0.4 is 11.1 Å². The number of pyridine rings is 1. The average molecular weight is 334 g/mol. The number of nitrogens with zero attached hydrogens (tertiary/aromatic N) is 2. The number of halogens is 1. The summed E-state index contributed by atoms with van der Waals surface area (Å²) in [5.74, 6) is 0.373. The Morgan fingerprint density at radius 2 is 2.15 bits per heavy atom. The van der Waals surface area contributed by atoms with Gasteiger partial charge in [0.1, 0.15) is 5.82 Å². The number of hydrogen-bond donors (Lipinski definition) is 1. The summed E-state index contributed by atoms with van der Waals surface area (Å²) in [6, 6.07) is 7.45. The van der Waals surface area contributed by atoms with Crippen molar-refractivity contribution in [2.45, 2.75) is 6.92 Å². The molecule has 0 fully saturated rings. The van der Waals surface area contributed by atoms with E-state index in [0.717, 1.165) is 27.1 Å². The zero-order valence-electron chi connectivity index (χ0n) is 11.0. The van der Waals surface area contributed by atoms with E-state index < -0.39 is 0 Å². The lowest BCUT2D eigenvalue weighted by atomic mass is 10.2. The summed E-state index contributed by atoms with van der Waals surface area (Å²) in [5.41, 5.74) is 3.23. The first-order valence-electron chi connectivity index (χ1n) is 6.03. The van der Waals surface area contributed by atoms with Crippen LogP contribution in [-0.4, -0.2) is 9.55 Å². The lowest BCUT2D eigenvalue weighted by Crippen LogP contribution is -2.08. The van der Waals surface area contributed by atoms with Crippen molar-refractivity contribution in [1.29, 1.82) is 0 Å². The molecule has 0 spiro atoms. The van der Waals surface area contributed by atoms with Crippen molar-refractivity contribution in [3.8, 4) is 0 Å². The molecule has 0 radical (unpaired) electrons. The maximum Gasteiger partial charge on any atom is 0.419 e. The number of anilines is 2. The molecule has 0 aliphatic heterocycles. The Balaban J connectivity index is 1.98. The van der Waals surface area contributed by atoms with E-state index in [1.54, 1.807) is 19.3 Å². The number of hydrogen-bond acceptors (Lipinski definition) is 4. The van der Waals surface area contributed by atoms with E-state index in [1.165, 1.54) is 4.57 Å². The monoisotopic (exact) mass is 333 g/mol. The lowest BCUT2D eigenvalue weighted by molar-refractivity contribution is 0.528. The Morgan fingerprint density at radius 1 is 1.35 bits per heavy atom. The van der Waals surface area contributed by atoms with Crippen molar-refractivity contribution >= 4 is 38.5 Å². The van der Waals surface area contributed by atoms with Crippen LogP contribution in [0, 0.1) is 6.92 Å². The predicted molar refractivity (Wildman–Crippen MR) is 81.4 cm³/mol. The van der Waals surface area contributed by atoms with Crippen LogP contribution in [0.4, 0.5) is 11.5 Å². The molecule has 0 aliphatic carbocycles. The number of rotatable bonds is 2. The molecular formula is C14H12BrN3O2. The molecule has 0 saturated heterocycles. The van der Waals surface area contributed by atoms with Crippen LogP contribution in [0.3, 0.4) is 0 Å². The van der Waals surface area contributed by atoms with Crippen molar-refractivity contribution in [2.24, 2.45) is 7.05 Å². The first-order chi connectivity index (χ1) is 9.54. The highest BCUT2D eigenvalue weighted by atomic mass is 79.9. The number of aryl methyl sites for hydroxylation is 2. The van der Waals surface area contributed by atoms with Crippen LogP contribution in [0.5, 0.6) is 0 Å². The molecule has 0 saturated carbocycles. The van der Waals surface area contributed by atoms with Gasteiger partial charge in [0.2, 0.25) is 0 Å². The fraction of sp³-hybridized carbons (Fsp3) is 0.143. The van der Waals surface area contributed by atoms with Gasteiger partial charge in [0.25, 0.3) is 0 Å². The molecular weight excluding hydrogens is 322 g/mol. The highest BCUT2D eigenvalue weighted by Crippen LogP contribution is 2.23. The minimum atomic E-state index is -0.366. The van der Waals surface area contributed by atoms with E-state index in [4.69, 9.17) is 4.42 Å². The SMILES string of the molecule is Cc1cc(Nc2ccc3c(c2)oc(=O)n3C)ncc1Br. The molecule has 1 N–H and O–H groups in total. The summed E-state index contributed by atoms with van der Waals surface area (Å²) >= 11 is 3.42. The average Bonchev–Trinajstić information content (AvgIpc) is 2.69. The molecule has 0 aliphatic rings. The molecule has 5 nitrogen and oxygen atoms in total. The Hall–Kier alpha value is -2.08. The molecule has 0 amide bonds. The highest BCUT2D eigenvalue weighted by Gasteiger charge is 2.07. The van der Waals surface area contributed by atoms with Crippen molar-refractivity contribution in [1.82, 2.24) is 9.55 Å². The van der Waals surface area contributed by atoms with E-state index in [1.807, 2.05) is 25.1 Å². The van der Waals surface area contributed by atoms with Crippen LogP contribution in [0.25, 0.3) is 11.1 Å². The van der Waals surface area contributed by atoms with E-state index in [0.29, 0.717) is 5.58 Å². The summed E-state index contributed by atoms with van der Waals surface area (Å²) in [4.78, 5) is 15.7. The van der Waals surface area contributed by atoms with Gasteiger partial charge in [0.05, 0.1) is 5.52 Å². The third-order valence-electron chi connectivity index (χ3n) is 3.11. The van der Waals surface area contributed by atoms with Gasteiger partial charge >= 0.3 is 5.76 Å². The molecule has 20 heavy (non-hydrogen) atoms. The topological polar surface area (TPSA) is 60.1 Å². The standard InChI is InChI=1S/C14H12BrN3O2/c1-8-5-13(16-7-10(8)15)17-9-3-4-11-12(6-9)20-14(19)18(11)2/h3-7H,1-2H3,(H,16,17). The second-order valence-corrected chi connectivity index (χ2v) is 5.41. The van der Waals surface area contributed by atoms with Gasteiger partial charge in [0.15, 0.2) is 5.58 Å². The molecule has 3 rings (SSSR count). The van der Waals surface area contributed by atoms with Gasteiger partial charge in [-0.15, -0.1) is 0 Å². The molecule has 2 aromatic heterocycles. The minimum Gasteiger partial charge on any atom is -0.408 e. The highest BCUT2D eigenvalue weighted by molar-refractivity contribution is 9.10. The number of oxazole rings is 1. The first kappa shape index (κ1) is 12.9.